The van der Waals surface area contributed by atoms with E-state index in [0.717, 1.165) is 32.1 Å². The van der Waals surface area contributed by atoms with Crippen LogP contribution in [0.2, 0.25) is 0 Å². The zero-order chi connectivity index (χ0) is 13.5. The first-order valence-electron chi connectivity index (χ1n) is 7.41. The molecule has 0 radical (unpaired) electrons. The highest BCUT2D eigenvalue weighted by atomic mass is 35.5. The third-order valence-electron chi connectivity index (χ3n) is 5.02. The van der Waals surface area contributed by atoms with Gasteiger partial charge in [-0.2, -0.15) is 0 Å². The smallest absolute Gasteiger partial charge is 0.219 e. The van der Waals surface area contributed by atoms with Crippen LogP contribution in [0, 0.1) is 11.8 Å². The topological polar surface area (TPSA) is 72.6 Å². The van der Waals surface area contributed by atoms with Crippen LogP contribution >= 0.6 is 12.4 Å². The minimum Gasteiger partial charge on any atom is -0.380 e. The van der Waals surface area contributed by atoms with Crippen LogP contribution in [-0.2, 0) is 14.8 Å². The largest absolute Gasteiger partial charge is 0.380 e. The fourth-order valence-electron chi connectivity index (χ4n) is 3.84. The van der Waals surface area contributed by atoms with Gasteiger partial charge in [-0.1, -0.05) is 6.42 Å². The summed E-state index contributed by atoms with van der Waals surface area (Å²) < 4.78 is 32.3. The SMILES string of the molecule is Cl.NC1CCCC2CN(S(=O)(=O)C3CCCOC3)CC12. The van der Waals surface area contributed by atoms with E-state index in [0.29, 0.717) is 38.1 Å². The van der Waals surface area contributed by atoms with Gasteiger partial charge < -0.3 is 10.5 Å². The summed E-state index contributed by atoms with van der Waals surface area (Å²) in [6.07, 6.45) is 4.90. The van der Waals surface area contributed by atoms with Crippen LogP contribution < -0.4 is 5.73 Å². The van der Waals surface area contributed by atoms with E-state index in [-0.39, 0.29) is 23.7 Å². The van der Waals surface area contributed by atoms with Crippen LogP contribution in [0.1, 0.15) is 32.1 Å². The third kappa shape index (κ3) is 2.99. The summed E-state index contributed by atoms with van der Waals surface area (Å²) in [5.41, 5.74) is 6.16. The quantitative estimate of drug-likeness (QED) is 0.821. The zero-order valence-corrected chi connectivity index (χ0v) is 13.4. The molecule has 0 bridgehead atoms. The zero-order valence-electron chi connectivity index (χ0n) is 11.7. The van der Waals surface area contributed by atoms with Gasteiger partial charge in [-0.25, -0.2) is 12.7 Å². The molecule has 3 fully saturated rings. The second-order valence-electron chi connectivity index (χ2n) is 6.22. The third-order valence-corrected chi connectivity index (χ3v) is 7.25. The number of hydrogen-bond acceptors (Lipinski definition) is 4. The Kier molecular flexibility index (Phi) is 5.34. The highest BCUT2D eigenvalue weighted by Gasteiger charge is 2.45. The molecule has 0 aromatic rings. The molecule has 118 valence electrons. The molecule has 0 aromatic carbocycles. The molecule has 0 spiro atoms. The van der Waals surface area contributed by atoms with E-state index in [1.807, 2.05) is 0 Å². The molecular weight excluding hydrogens is 300 g/mol. The van der Waals surface area contributed by atoms with Gasteiger partial charge in [0.2, 0.25) is 10.0 Å². The van der Waals surface area contributed by atoms with Gasteiger partial charge in [-0.3, -0.25) is 0 Å². The lowest BCUT2D eigenvalue weighted by atomic mass is 9.78. The Hall–Kier alpha value is 0.120. The number of halogens is 1. The Bertz CT molecular complexity index is 425. The van der Waals surface area contributed by atoms with Crippen molar-refractivity contribution < 1.29 is 13.2 Å². The minimum absolute atomic E-state index is 0. The number of rotatable bonds is 2. The number of nitrogens with zero attached hydrogens (tertiary/aromatic N) is 1. The molecule has 20 heavy (non-hydrogen) atoms. The average Bonchev–Trinajstić information content (AvgIpc) is 2.86. The van der Waals surface area contributed by atoms with Crippen molar-refractivity contribution in [3.05, 3.63) is 0 Å². The van der Waals surface area contributed by atoms with E-state index in [4.69, 9.17) is 10.5 Å². The van der Waals surface area contributed by atoms with Crippen molar-refractivity contribution >= 4 is 22.4 Å². The molecule has 3 aliphatic rings. The van der Waals surface area contributed by atoms with Crippen LogP contribution in [0.3, 0.4) is 0 Å². The van der Waals surface area contributed by atoms with Gasteiger partial charge in [0.1, 0.15) is 0 Å². The monoisotopic (exact) mass is 324 g/mol. The molecule has 1 saturated carbocycles. The van der Waals surface area contributed by atoms with Crippen molar-refractivity contribution in [1.29, 1.82) is 0 Å². The highest BCUT2D eigenvalue weighted by molar-refractivity contribution is 7.89. The molecule has 0 amide bonds. The number of ether oxygens (including phenoxy) is 1. The van der Waals surface area contributed by atoms with E-state index >= 15 is 0 Å². The van der Waals surface area contributed by atoms with Crippen molar-refractivity contribution in [2.45, 2.75) is 43.4 Å². The fraction of sp³-hybridized carbons (Fsp3) is 1.00. The van der Waals surface area contributed by atoms with E-state index in [1.165, 1.54) is 0 Å². The highest BCUT2D eigenvalue weighted by Crippen LogP contribution is 2.37. The van der Waals surface area contributed by atoms with Gasteiger partial charge in [0.15, 0.2) is 0 Å². The number of fused-ring (bicyclic) bond motifs is 1. The van der Waals surface area contributed by atoms with Crippen LogP contribution in [-0.4, -0.2) is 50.3 Å². The van der Waals surface area contributed by atoms with Crippen molar-refractivity contribution in [3.8, 4) is 0 Å². The fourth-order valence-corrected chi connectivity index (χ4v) is 5.77. The molecule has 0 aromatic heterocycles. The summed E-state index contributed by atoms with van der Waals surface area (Å²) in [4.78, 5) is 0. The van der Waals surface area contributed by atoms with Gasteiger partial charge in [-0.15, -0.1) is 12.4 Å². The first kappa shape index (κ1) is 16.5. The first-order valence-corrected chi connectivity index (χ1v) is 8.91. The molecule has 2 aliphatic heterocycles. The minimum atomic E-state index is -3.19. The molecule has 7 heteroatoms. The van der Waals surface area contributed by atoms with Crippen LogP contribution in [0.4, 0.5) is 0 Å². The van der Waals surface area contributed by atoms with E-state index < -0.39 is 10.0 Å². The summed E-state index contributed by atoms with van der Waals surface area (Å²) in [6, 6.07) is 0.182. The van der Waals surface area contributed by atoms with Crippen LogP contribution in [0.15, 0.2) is 0 Å². The Labute approximate surface area is 127 Å². The Morgan fingerprint density at radius 3 is 2.55 bits per heavy atom. The predicted molar refractivity (Wildman–Crippen MR) is 80.4 cm³/mol. The predicted octanol–water partition coefficient (Wildman–Crippen LogP) is 0.976. The molecule has 4 unspecified atom stereocenters. The number of nitrogens with two attached hydrogens (primary N) is 1. The molecule has 4 atom stereocenters. The number of hydrogen-bond donors (Lipinski definition) is 1. The van der Waals surface area contributed by atoms with Crippen molar-refractivity contribution in [1.82, 2.24) is 4.31 Å². The van der Waals surface area contributed by atoms with Crippen molar-refractivity contribution in [3.63, 3.8) is 0 Å². The van der Waals surface area contributed by atoms with Crippen molar-refractivity contribution in [2.75, 3.05) is 26.3 Å². The normalized spacial score (nSPS) is 39.0. The van der Waals surface area contributed by atoms with Gasteiger partial charge in [0, 0.05) is 25.7 Å². The molecule has 2 heterocycles. The van der Waals surface area contributed by atoms with Crippen LogP contribution in [0.5, 0.6) is 0 Å². The molecule has 2 saturated heterocycles. The lowest BCUT2D eigenvalue weighted by Crippen LogP contribution is -2.42. The van der Waals surface area contributed by atoms with Gasteiger partial charge >= 0.3 is 0 Å². The van der Waals surface area contributed by atoms with Gasteiger partial charge in [0.05, 0.1) is 11.9 Å². The lowest BCUT2D eigenvalue weighted by molar-refractivity contribution is 0.0976. The second kappa shape index (κ2) is 6.48. The Balaban J connectivity index is 0.00000147. The van der Waals surface area contributed by atoms with Gasteiger partial charge in [0.25, 0.3) is 0 Å². The maximum absolute atomic E-state index is 12.6. The van der Waals surface area contributed by atoms with Crippen molar-refractivity contribution in [2.24, 2.45) is 17.6 Å². The summed E-state index contributed by atoms with van der Waals surface area (Å²) >= 11 is 0. The molecule has 3 rings (SSSR count). The first-order chi connectivity index (χ1) is 9.09. The maximum atomic E-state index is 12.6. The summed E-state index contributed by atoms with van der Waals surface area (Å²) in [5.74, 6) is 0.844. The summed E-state index contributed by atoms with van der Waals surface area (Å²) in [6.45, 7) is 2.37. The summed E-state index contributed by atoms with van der Waals surface area (Å²) in [5, 5.41) is -0.336. The van der Waals surface area contributed by atoms with Gasteiger partial charge in [-0.05, 0) is 37.5 Å². The van der Waals surface area contributed by atoms with E-state index in [9.17, 15) is 8.42 Å². The molecule has 5 nitrogen and oxygen atoms in total. The molecular formula is C13H25ClN2O3S. The Morgan fingerprint density at radius 1 is 1.10 bits per heavy atom. The second-order valence-corrected chi connectivity index (χ2v) is 8.43. The van der Waals surface area contributed by atoms with Crippen LogP contribution in [0.25, 0.3) is 0 Å². The van der Waals surface area contributed by atoms with E-state index in [1.54, 1.807) is 4.31 Å². The Morgan fingerprint density at radius 2 is 1.90 bits per heavy atom. The lowest BCUT2D eigenvalue weighted by Gasteiger charge is -2.29. The number of sulfonamides is 1. The maximum Gasteiger partial charge on any atom is 0.219 e. The molecule has 1 aliphatic carbocycles. The standard InChI is InChI=1S/C13H24N2O3S.ClH/c14-13-5-1-3-10-7-15(8-12(10)13)19(16,17)11-4-2-6-18-9-11;/h10-13H,1-9,14H2;1H. The molecule has 2 N–H and O–H groups in total. The average molecular weight is 325 g/mol. The summed E-state index contributed by atoms with van der Waals surface area (Å²) in [7, 11) is -3.19. The van der Waals surface area contributed by atoms with E-state index in [2.05, 4.69) is 0 Å².